The lowest BCUT2D eigenvalue weighted by Crippen LogP contribution is -2.36. The number of nitrogens with zero attached hydrogens (tertiary/aromatic N) is 3. The highest BCUT2D eigenvalue weighted by Gasteiger charge is 2.27. The molecule has 0 aliphatic heterocycles. The number of benzene rings is 1. The number of aryl methyl sites for hydroxylation is 3. The maximum absolute atomic E-state index is 12.6. The normalized spacial score (nSPS) is 15.9. The molecule has 1 heterocycles. The van der Waals surface area contributed by atoms with E-state index in [0.717, 1.165) is 36.2 Å². The molecule has 0 saturated heterocycles. The number of carbonyl (C=O) groups excluding carboxylic acids is 2. The van der Waals surface area contributed by atoms with Crippen molar-refractivity contribution in [1.82, 2.24) is 14.7 Å². The van der Waals surface area contributed by atoms with Gasteiger partial charge in [-0.3, -0.25) is 14.3 Å². The molecule has 0 radical (unpaired) electrons. The van der Waals surface area contributed by atoms with Crippen molar-refractivity contribution < 1.29 is 14.3 Å². The van der Waals surface area contributed by atoms with Gasteiger partial charge in [0.05, 0.1) is 18.2 Å². The summed E-state index contributed by atoms with van der Waals surface area (Å²) in [5, 5.41) is 4.30. The maximum Gasteiger partial charge on any atom is 0.310 e. The van der Waals surface area contributed by atoms with E-state index in [1.807, 2.05) is 33.0 Å². The van der Waals surface area contributed by atoms with E-state index >= 15 is 0 Å². The molecule has 1 atom stereocenters. The van der Waals surface area contributed by atoms with Crippen molar-refractivity contribution >= 4 is 11.9 Å². The van der Waals surface area contributed by atoms with E-state index in [0.29, 0.717) is 0 Å². The number of fused-ring (bicyclic) bond motifs is 1. The lowest BCUT2D eigenvalue weighted by molar-refractivity contribution is -0.152. The zero-order chi connectivity index (χ0) is 19.6. The van der Waals surface area contributed by atoms with Gasteiger partial charge in [-0.1, -0.05) is 24.3 Å². The van der Waals surface area contributed by atoms with Crippen molar-refractivity contribution in [2.45, 2.75) is 45.6 Å². The van der Waals surface area contributed by atoms with Crippen molar-refractivity contribution in [3.63, 3.8) is 0 Å². The van der Waals surface area contributed by atoms with Crippen LogP contribution >= 0.6 is 0 Å². The molecule has 144 valence electrons. The number of amides is 1. The third kappa shape index (κ3) is 4.04. The molecule has 0 N–H and O–H groups in total. The van der Waals surface area contributed by atoms with Gasteiger partial charge < -0.3 is 9.64 Å². The van der Waals surface area contributed by atoms with Crippen LogP contribution < -0.4 is 0 Å². The van der Waals surface area contributed by atoms with Crippen LogP contribution in [0.5, 0.6) is 0 Å². The Hall–Kier alpha value is -2.63. The Labute approximate surface area is 160 Å². The Morgan fingerprint density at radius 1 is 1.30 bits per heavy atom. The van der Waals surface area contributed by atoms with E-state index in [-0.39, 0.29) is 25.0 Å². The number of esters is 1. The van der Waals surface area contributed by atoms with E-state index in [9.17, 15) is 9.59 Å². The Balaban J connectivity index is 1.58. The summed E-state index contributed by atoms with van der Waals surface area (Å²) in [4.78, 5) is 26.5. The Morgan fingerprint density at radius 2 is 2.04 bits per heavy atom. The number of hydrogen-bond acceptors (Lipinski definition) is 4. The molecule has 6 heteroatoms. The highest BCUT2D eigenvalue weighted by atomic mass is 16.5. The van der Waals surface area contributed by atoms with Gasteiger partial charge in [0, 0.05) is 25.4 Å². The van der Waals surface area contributed by atoms with E-state index < -0.39 is 5.97 Å². The molecule has 0 bridgehead atoms. The van der Waals surface area contributed by atoms with E-state index in [1.165, 1.54) is 11.1 Å². The molecule has 0 saturated carbocycles. The molecule has 6 nitrogen and oxygen atoms in total. The average Bonchev–Trinajstić information content (AvgIpc) is 2.91. The minimum absolute atomic E-state index is 0.0453. The summed E-state index contributed by atoms with van der Waals surface area (Å²) < 4.78 is 7.01. The molecule has 1 aliphatic carbocycles. The molecule has 1 aromatic heterocycles. The SMILES string of the molecule is Cc1nn(C)c(C)c1CC(=O)OCC(=O)N(C)[C@@H]1CCCc2ccccc21. The minimum atomic E-state index is -0.403. The highest BCUT2D eigenvalue weighted by molar-refractivity contribution is 5.81. The molecule has 2 aromatic rings. The number of aromatic nitrogens is 2. The molecule has 1 aliphatic rings. The summed E-state index contributed by atoms with van der Waals surface area (Å²) in [5.74, 6) is -0.579. The summed E-state index contributed by atoms with van der Waals surface area (Å²) in [7, 11) is 3.63. The first-order valence-electron chi connectivity index (χ1n) is 9.36. The zero-order valence-electron chi connectivity index (χ0n) is 16.5. The van der Waals surface area contributed by atoms with Gasteiger partial charge in [0.15, 0.2) is 6.61 Å². The third-order valence-corrected chi connectivity index (χ3v) is 5.54. The van der Waals surface area contributed by atoms with Gasteiger partial charge in [0.1, 0.15) is 0 Å². The Bertz CT molecular complexity index is 856. The smallest absolute Gasteiger partial charge is 0.310 e. The van der Waals surface area contributed by atoms with Crippen LogP contribution in [0.15, 0.2) is 24.3 Å². The second-order valence-corrected chi connectivity index (χ2v) is 7.22. The molecule has 3 rings (SSSR count). The predicted molar refractivity (Wildman–Crippen MR) is 102 cm³/mol. The fourth-order valence-corrected chi connectivity index (χ4v) is 3.82. The molecule has 0 fully saturated rings. The second kappa shape index (κ2) is 7.94. The van der Waals surface area contributed by atoms with Crippen LogP contribution in [0, 0.1) is 13.8 Å². The molecule has 27 heavy (non-hydrogen) atoms. The summed E-state index contributed by atoms with van der Waals surface area (Å²) in [6.07, 6.45) is 3.17. The van der Waals surface area contributed by atoms with Crippen molar-refractivity contribution in [1.29, 1.82) is 0 Å². The number of carbonyl (C=O) groups is 2. The Morgan fingerprint density at radius 3 is 2.74 bits per heavy atom. The van der Waals surface area contributed by atoms with Crippen molar-refractivity contribution in [2.24, 2.45) is 7.05 Å². The summed E-state index contributed by atoms with van der Waals surface area (Å²) >= 11 is 0. The maximum atomic E-state index is 12.6. The van der Waals surface area contributed by atoms with Crippen LogP contribution in [-0.4, -0.2) is 40.2 Å². The first-order valence-corrected chi connectivity index (χ1v) is 9.36. The van der Waals surface area contributed by atoms with Crippen LogP contribution in [0.2, 0.25) is 0 Å². The second-order valence-electron chi connectivity index (χ2n) is 7.22. The number of likely N-dealkylation sites (N-methyl/N-ethyl adjacent to an activating group) is 1. The molecular weight excluding hydrogens is 342 g/mol. The molecule has 1 amide bonds. The zero-order valence-corrected chi connectivity index (χ0v) is 16.5. The van der Waals surface area contributed by atoms with Crippen LogP contribution in [-0.2, 0) is 34.2 Å². The largest absolute Gasteiger partial charge is 0.455 e. The van der Waals surface area contributed by atoms with Crippen LogP contribution in [0.25, 0.3) is 0 Å². The van der Waals surface area contributed by atoms with Gasteiger partial charge >= 0.3 is 5.97 Å². The number of hydrogen-bond donors (Lipinski definition) is 0. The van der Waals surface area contributed by atoms with Gasteiger partial charge in [-0.05, 0) is 44.2 Å². The van der Waals surface area contributed by atoms with Gasteiger partial charge in [-0.15, -0.1) is 0 Å². The van der Waals surface area contributed by atoms with Crippen LogP contribution in [0.3, 0.4) is 0 Å². The number of ether oxygens (including phenoxy) is 1. The van der Waals surface area contributed by atoms with Crippen LogP contribution in [0.1, 0.15) is 47.0 Å². The topological polar surface area (TPSA) is 64.4 Å². The molecular formula is C21H27N3O3. The minimum Gasteiger partial charge on any atom is -0.455 e. The molecule has 0 spiro atoms. The van der Waals surface area contributed by atoms with Crippen molar-refractivity contribution in [3.8, 4) is 0 Å². The molecule has 1 aromatic carbocycles. The standard InChI is InChI=1S/C21H27N3O3/c1-14-18(15(2)24(4)22-14)12-21(26)27-13-20(25)23(3)19-11-7-9-16-8-5-6-10-17(16)19/h5-6,8,10,19H,7,9,11-13H2,1-4H3/t19-/m1/s1. The van der Waals surface area contributed by atoms with Crippen LogP contribution in [0.4, 0.5) is 0 Å². The summed E-state index contributed by atoms with van der Waals surface area (Å²) in [5.41, 5.74) is 5.12. The summed E-state index contributed by atoms with van der Waals surface area (Å²) in [6.45, 7) is 3.56. The van der Waals surface area contributed by atoms with Crippen molar-refractivity contribution in [3.05, 3.63) is 52.3 Å². The lowest BCUT2D eigenvalue weighted by Gasteiger charge is -2.33. The molecule has 0 unspecified atom stereocenters. The lowest BCUT2D eigenvalue weighted by atomic mass is 9.87. The van der Waals surface area contributed by atoms with Gasteiger partial charge in [-0.25, -0.2) is 0 Å². The van der Waals surface area contributed by atoms with Gasteiger partial charge in [0.2, 0.25) is 0 Å². The van der Waals surface area contributed by atoms with Crippen molar-refractivity contribution in [2.75, 3.05) is 13.7 Å². The first kappa shape index (κ1) is 19.1. The van der Waals surface area contributed by atoms with E-state index in [1.54, 1.807) is 16.6 Å². The first-order chi connectivity index (χ1) is 12.9. The average molecular weight is 369 g/mol. The van der Waals surface area contributed by atoms with E-state index in [4.69, 9.17) is 4.74 Å². The van der Waals surface area contributed by atoms with Gasteiger partial charge in [-0.2, -0.15) is 5.10 Å². The van der Waals surface area contributed by atoms with Gasteiger partial charge in [0.25, 0.3) is 5.91 Å². The predicted octanol–water partition coefficient (Wildman–Crippen LogP) is 2.66. The fourth-order valence-electron chi connectivity index (χ4n) is 3.82. The van der Waals surface area contributed by atoms with E-state index in [2.05, 4.69) is 17.2 Å². The Kier molecular flexibility index (Phi) is 5.63. The fraction of sp³-hybridized carbons (Fsp3) is 0.476. The highest BCUT2D eigenvalue weighted by Crippen LogP contribution is 2.33. The summed E-state index contributed by atoms with van der Waals surface area (Å²) in [6, 6.07) is 8.30. The quantitative estimate of drug-likeness (QED) is 0.760. The number of rotatable bonds is 5. The third-order valence-electron chi connectivity index (χ3n) is 5.54. The monoisotopic (exact) mass is 369 g/mol.